The molecule has 2 rings (SSSR count). The molecule has 1 N–H and O–H groups in total. The van der Waals surface area contributed by atoms with Crippen LogP contribution in [0, 0.1) is 5.92 Å². The summed E-state index contributed by atoms with van der Waals surface area (Å²) < 4.78 is 0. The molecule has 1 fully saturated rings. The van der Waals surface area contributed by atoms with Gasteiger partial charge in [0.2, 0.25) is 11.8 Å². The highest BCUT2D eigenvalue weighted by molar-refractivity contribution is 6.18. The Kier molecular flexibility index (Phi) is 16.4. The number of anilines is 1. The molecule has 1 aliphatic rings. The van der Waals surface area contributed by atoms with Crippen molar-refractivity contribution in [2.45, 2.75) is 142 Å². The van der Waals surface area contributed by atoms with Crippen LogP contribution in [0.3, 0.4) is 0 Å². The predicted octanol–water partition coefficient (Wildman–Crippen LogP) is 8.00. The number of carbonyl (C=O) groups is 4. The Morgan fingerprint density at radius 2 is 1.26 bits per heavy atom. The lowest BCUT2D eigenvalue weighted by molar-refractivity contribution is -0.150. The van der Waals surface area contributed by atoms with Crippen LogP contribution in [0.25, 0.3) is 0 Å². The normalized spacial score (nSPS) is 16.1. The summed E-state index contributed by atoms with van der Waals surface area (Å²) >= 11 is 0. The van der Waals surface area contributed by atoms with Gasteiger partial charge in [-0.3, -0.25) is 24.1 Å². The number of nitrogens with one attached hydrogen (secondary N) is 1. The lowest BCUT2D eigenvalue weighted by atomic mass is 9.98. The molecule has 0 bridgehead atoms. The van der Waals surface area contributed by atoms with Gasteiger partial charge >= 0.3 is 0 Å². The molecule has 1 aliphatic heterocycles. The van der Waals surface area contributed by atoms with Crippen LogP contribution < -0.4 is 5.32 Å². The van der Waals surface area contributed by atoms with Gasteiger partial charge in [0.1, 0.15) is 0 Å². The number of rotatable bonds is 22. The highest BCUT2D eigenvalue weighted by atomic mass is 16.2. The van der Waals surface area contributed by atoms with Gasteiger partial charge in [0, 0.05) is 24.4 Å². The second kappa shape index (κ2) is 19.5. The fourth-order valence-electron chi connectivity index (χ4n) is 5.48. The first-order chi connectivity index (χ1) is 19.0. The standard InChI is InChI=1S/C33H52N2O4/c1-3-5-6-7-8-9-10-11-12-13-14-15-16-17-18-20-23-27-26-30(37)35(33(27)39)31(29(36)4-2)32(38)34-28-24-21-19-22-25-28/h19,21-22,24-25,27,31H,3-18,20,23,26H2,1-2H3,(H,34,38). The number of amides is 3. The first kappa shape index (κ1) is 32.7. The predicted molar refractivity (Wildman–Crippen MR) is 158 cm³/mol. The van der Waals surface area contributed by atoms with Gasteiger partial charge in [0.05, 0.1) is 0 Å². The average Bonchev–Trinajstić information content (AvgIpc) is 3.21. The molecule has 1 saturated heterocycles. The summed E-state index contributed by atoms with van der Waals surface area (Å²) in [5.74, 6) is -2.28. The van der Waals surface area contributed by atoms with Crippen molar-refractivity contribution in [3.63, 3.8) is 0 Å². The number of hydrogen-bond donors (Lipinski definition) is 1. The second-order valence-corrected chi connectivity index (χ2v) is 11.2. The Bertz CT molecular complexity index is 870. The fourth-order valence-corrected chi connectivity index (χ4v) is 5.48. The number of para-hydroxylation sites is 1. The molecule has 0 aliphatic carbocycles. The molecule has 0 spiro atoms. The van der Waals surface area contributed by atoms with Gasteiger partial charge < -0.3 is 5.32 Å². The summed E-state index contributed by atoms with van der Waals surface area (Å²) in [7, 11) is 0. The van der Waals surface area contributed by atoms with Crippen LogP contribution in [0.4, 0.5) is 5.69 Å². The van der Waals surface area contributed by atoms with Crippen molar-refractivity contribution in [2.75, 3.05) is 5.32 Å². The number of Topliss-reactive ketones (excluding diaryl/α,β-unsaturated/α-hetero) is 1. The summed E-state index contributed by atoms with van der Waals surface area (Å²) in [5.41, 5.74) is 0.528. The van der Waals surface area contributed by atoms with Crippen molar-refractivity contribution in [1.29, 1.82) is 0 Å². The van der Waals surface area contributed by atoms with Crippen molar-refractivity contribution in [3.05, 3.63) is 30.3 Å². The Labute approximate surface area is 236 Å². The number of likely N-dealkylation sites (tertiary alicyclic amines) is 1. The number of benzene rings is 1. The first-order valence-electron chi connectivity index (χ1n) is 15.7. The highest BCUT2D eigenvalue weighted by Crippen LogP contribution is 2.28. The molecule has 39 heavy (non-hydrogen) atoms. The van der Waals surface area contributed by atoms with E-state index in [9.17, 15) is 19.2 Å². The van der Waals surface area contributed by atoms with E-state index in [1.54, 1.807) is 31.2 Å². The zero-order valence-electron chi connectivity index (χ0n) is 24.6. The van der Waals surface area contributed by atoms with E-state index in [4.69, 9.17) is 0 Å². The molecule has 6 nitrogen and oxygen atoms in total. The topological polar surface area (TPSA) is 83.6 Å². The van der Waals surface area contributed by atoms with E-state index >= 15 is 0 Å². The number of imide groups is 1. The largest absolute Gasteiger partial charge is 0.324 e. The third kappa shape index (κ3) is 12.0. The zero-order chi connectivity index (χ0) is 28.3. The molecule has 0 radical (unpaired) electrons. The van der Waals surface area contributed by atoms with E-state index in [2.05, 4.69) is 12.2 Å². The monoisotopic (exact) mass is 540 g/mol. The molecule has 0 aromatic heterocycles. The van der Waals surface area contributed by atoms with Crippen LogP contribution in [0.2, 0.25) is 0 Å². The van der Waals surface area contributed by atoms with Crippen LogP contribution >= 0.6 is 0 Å². The molecule has 1 heterocycles. The summed E-state index contributed by atoms with van der Waals surface area (Å²) in [6.45, 7) is 3.91. The maximum atomic E-state index is 13.1. The highest BCUT2D eigenvalue weighted by Gasteiger charge is 2.46. The van der Waals surface area contributed by atoms with Crippen molar-refractivity contribution in [2.24, 2.45) is 5.92 Å². The molecule has 1 aromatic carbocycles. The smallest absolute Gasteiger partial charge is 0.255 e. The number of ketones is 1. The van der Waals surface area contributed by atoms with E-state index < -0.39 is 29.6 Å². The van der Waals surface area contributed by atoms with Gasteiger partial charge in [0.15, 0.2) is 11.8 Å². The van der Waals surface area contributed by atoms with E-state index in [0.29, 0.717) is 12.1 Å². The third-order valence-electron chi connectivity index (χ3n) is 7.88. The van der Waals surface area contributed by atoms with E-state index in [-0.39, 0.29) is 18.7 Å². The lowest BCUT2D eigenvalue weighted by Gasteiger charge is -2.24. The molecule has 2 unspecified atom stereocenters. The molecule has 218 valence electrons. The van der Waals surface area contributed by atoms with E-state index in [1.807, 2.05) is 6.07 Å². The number of hydrogen-bond acceptors (Lipinski definition) is 4. The van der Waals surface area contributed by atoms with Crippen molar-refractivity contribution in [3.8, 4) is 0 Å². The molecule has 2 atom stereocenters. The summed E-state index contributed by atoms with van der Waals surface area (Å²) in [4.78, 5) is 52.4. The average molecular weight is 541 g/mol. The first-order valence-corrected chi connectivity index (χ1v) is 15.7. The Morgan fingerprint density at radius 1 is 0.769 bits per heavy atom. The fraction of sp³-hybridized carbons (Fsp3) is 0.697. The van der Waals surface area contributed by atoms with E-state index in [1.165, 1.54) is 83.5 Å². The third-order valence-corrected chi connectivity index (χ3v) is 7.88. The van der Waals surface area contributed by atoms with Gasteiger partial charge in [-0.2, -0.15) is 0 Å². The molecule has 3 amide bonds. The van der Waals surface area contributed by atoms with Crippen LogP contribution in [-0.4, -0.2) is 34.4 Å². The maximum absolute atomic E-state index is 13.1. The number of carbonyl (C=O) groups excluding carboxylic acids is 4. The van der Waals surface area contributed by atoms with Crippen LogP contribution in [0.1, 0.15) is 136 Å². The van der Waals surface area contributed by atoms with Crippen molar-refractivity contribution in [1.82, 2.24) is 4.90 Å². The lowest BCUT2D eigenvalue weighted by Crippen LogP contribution is -2.52. The minimum Gasteiger partial charge on any atom is -0.324 e. The van der Waals surface area contributed by atoms with Crippen LogP contribution in [-0.2, 0) is 19.2 Å². The minimum absolute atomic E-state index is 0.0771. The number of unbranched alkanes of at least 4 members (excludes halogenated alkanes) is 15. The Morgan fingerprint density at radius 3 is 1.74 bits per heavy atom. The van der Waals surface area contributed by atoms with Gasteiger partial charge in [-0.05, 0) is 18.6 Å². The summed E-state index contributed by atoms with van der Waals surface area (Å²) in [6.07, 6.45) is 21.4. The number of nitrogens with zero attached hydrogens (tertiary/aromatic N) is 1. The summed E-state index contributed by atoms with van der Waals surface area (Å²) in [5, 5.41) is 2.69. The quantitative estimate of drug-likeness (QED) is 0.0917. The van der Waals surface area contributed by atoms with Gasteiger partial charge in [0.25, 0.3) is 5.91 Å². The minimum atomic E-state index is -1.40. The SMILES string of the molecule is CCCCCCCCCCCCCCCCCCC1CC(=O)N(C(C(=O)CC)C(=O)Nc2ccccc2)C1=O. The van der Waals surface area contributed by atoms with Gasteiger partial charge in [-0.1, -0.05) is 135 Å². The Balaban J connectivity index is 1.61. The van der Waals surface area contributed by atoms with Crippen LogP contribution in [0.5, 0.6) is 0 Å². The van der Waals surface area contributed by atoms with Crippen molar-refractivity contribution < 1.29 is 19.2 Å². The van der Waals surface area contributed by atoms with Gasteiger partial charge in [-0.15, -0.1) is 0 Å². The maximum Gasteiger partial charge on any atom is 0.255 e. The molecular formula is C33H52N2O4. The molecule has 0 saturated carbocycles. The Hall–Kier alpha value is -2.50. The molecule has 1 aromatic rings. The van der Waals surface area contributed by atoms with Crippen molar-refractivity contribution >= 4 is 29.2 Å². The van der Waals surface area contributed by atoms with Crippen LogP contribution in [0.15, 0.2) is 30.3 Å². The van der Waals surface area contributed by atoms with Gasteiger partial charge in [-0.25, -0.2) is 0 Å². The molecular weight excluding hydrogens is 488 g/mol. The summed E-state index contributed by atoms with van der Waals surface area (Å²) in [6, 6.07) is 7.38. The van der Waals surface area contributed by atoms with E-state index in [0.717, 1.165) is 24.2 Å². The second-order valence-electron chi connectivity index (χ2n) is 11.2. The molecule has 6 heteroatoms. The zero-order valence-corrected chi connectivity index (χ0v) is 24.6.